The molecule has 236 valence electrons. The van der Waals surface area contributed by atoms with Gasteiger partial charge in [0.05, 0.1) is 28.8 Å². The molecule has 0 radical (unpaired) electrons. The lowest BCUT2D eigenvalue weighted by molar-refractivity contribution is 0.00884. The lowest BCUT2D eigenvalue weighted by Crippen LogP contribution is -2.29. The quantitative estimate of drug-likeness (QED) is 0.109. The van der Waals surface area contributed by atoms with Gasteiger partial charge in [-0.2, -0.15) is 8.42 Å². The van der Waals surface area contributed by atoms with Crippen molar-refractivity contribution in [3.8, 4) is 5.75 Å². The number of hydrogen-bond acceptors (Lipinski definition) is 8. The monoisotopic (exact) mass is 655 g/mol. The van der Waals surface area contributed by atoms with E-state index >= 15 is 8.42 Å². The summed E-state index contributed by atoms with van der Waals surface area (Å²) < 4.78 is 87.3. The zero-order valence-corrected chi connectivity index (χ0v) is 26.5. The molecular formula is C36H31O8S2-. The van der Waals surface area contributed by atoms with E-state index in [9.17, 15) is 13.0 Å². The second-order valence-electron chi connectivity index (χ2n) is 13.2. The van der Waals surface area contributed by atoms with E-state index in [2.05, 4.69) is 0 Å². The molecule has 8 nitrogen and oxygen atoms in total. The molecule has 5 aromatic carbocycles. The van der Waals surface area contributed by atoms with Crippen LogP contribution in [0.25, 0.3) is 32.3 Å². The Balaban J connectivity index is 1.34. The molecular weight excluding hydrogens is 625 g/mol. The second-order valence-corrected chi connectivity index (χ2v) is 16.0. The summed E-state index contributed by atoms with van der Waals surface area (Å²) >= 11 is 0. The van der Waals surface area contributed by atoms with Crippen molar-refractivity contribution < 1.29 is 35.0 Å². The van der Waals surface area contributed by atoms with E-state index in [0.717, 1.165) is 42.9 Å². The summed E-state index contributed by atoms with van der Waals surface area (Å²) in [6.45, 7) is 0. The smallest absolute Gasteiger partial charge is 0.339 e. The third-order valence-electron chi connectivity index (χ3n) is 10.6. The van der Waals surface area contributed by atoms with E-state index in [1.807, 2.05) is 30.3 Å². The molecule has 0 amide bonds. The van der Waals surface area contributed by atoms with Gasteiger partial charge in [-0.25, -0.2) is 8.42 Å². The van der Waals surface area contributed by atoms with Crippen LogP contribution in [0.2, 0.25) is 0 Å². The molecule has 4 fully saturated rings. The third kappa shape index (κ3) is 4.20. The standard InChI is InChI=1S/C36H32O8S2/c37-45(38,39)34-27-11-5-3-9-25(27)33(26-10-4-6-12-28(26)34)44-46(40,41)35-30(29-20-23-13-14-31(29)42-23)19-21-7-1-2-8-24(21)32(35)36-17-15-22(43-36)16-18-36/h1-12,19,22-23,29,31H,13-18,20H2,(H,37,38,39)/p-1. The zero-order chi connectivity index (χ0) is 31.4. The average Bonchev–Trinajstić information content (AvgIpc) is 3.86. The minimum atomic E-state index is -4.93. The molecule has 4 aliphatic heterocycles. The predicted molar refractivity (Wildman–Crippen MR) is 171 cm³/mol. The first kappa shape index (κ1) is 28.7. The molecule has 4 heterocycles. The summed E-state index contributed by atoms with van der Waals surface area (Å²) in [7, 11) is -9.51. The zero-order valence-electron chi connectivity index (χ0n) is 24.8. The van der Waals surface area contributed by atoms with Crippen molar-refractivity contribution >= 4 is 52.6 Å². The van der Waals surface area contributed by atoms with Crippen molar-refractivity contribution in [2.75, 3.05) is 0 Å². The summed E-state index contributed by atoms with van der Waals surface area (Å²) in [5.41, 5.74) is 0.562. The van der Waals surface area contributed by atoms with Crippen LogP contribution in [0.1, 0.15) is 62.0 Å². The number of hydrogen-bond donors (Lipinski definition) is 0. The molecule has 0 aromatic heterocycles. The van der Waals surface area contributed by atoms with Crippen molar-refractivity contribution in [2.45, 2.75) is 84.6 Å². The highest BCUT2D eigenvalue weighted by Crippen LogP contribution is 2.57. The van der Waals surface area contributed by atoms with Crippen LogP contribution in [0.4, 0.5) is 0 Å². The van der Waals surface area contributed by atoms with Crippen molar-refractivity contribution in [3.63, 3.8) is 0 Å². The van der Waals surface area contributed by atoms with E-state index in [1.165, 1.54) is 12.1 Å². The van der Waals surface area contributed by atoms with Crippen molar-refractivity contribution in [2.24, 2.45) is 0 Å². The topological polar surface area (TPSA) is 119 Å². The lowest BCUT2D eigenvalue weighted by Gasteiger charge is -2.32. The van der Waals surface area contributed by atoms with Crippen LogP contribution in [0, 0.1) is 0 Å². The van der Waals surface area contributed by atoms with Gasteiger partial charge < -0.3 is 18.2 Å². The molecule has 0 spiro atoms. The summed E-state index contributed by atoms with van der Waals surface area (Å²) in [5, 5.41) is 2.44. The Hall–Kier alpha value is -3.54. The maximum absolute atomic E-state index is 15.1. The molecule has 9 rings (SSSR count). The van der Waals surface area contributed by atoms with Crippen LogP contribution in [-0.2, 0) is 35.3 Å². The normalized spacial score (nSPS) is 27.3. The fourth-order valence-electron chi connectivity index (χ4n) is 8.79. The van der Waals surface area contributed by atoms with Crippen molar-refractivity contribution in [3.05, 3.63) is 90.0 Å². The van der Waals surface area contributed by atoms with Crippen molar-refractivity contribution in [1.82, 2.24) is 0 Å². The fourth-order valence-corrected chi connectivity index (χ4v) is 11.2. The van der Waals surface area contributed by atoms with Gasteiger partial charge in [0, 0.05) is 33.0 Å². The lowest BCUT2D eigenvalue weighted by atomic mass is 9.77. The molecule has 0 aliphatic carbocycles. The molecule has 4 saturated heterocycles. The van der Waals surface area contributed by atoms with Gasteiger partial charge in [0.25, 0.3) is 0 Å². The summed E-state index contributed by atoms with van der Waals surface area (Å²) in [4.78, 5) is -0.270. The Morgan fingerprint density at radius 1 is 0.717 bits per heavy atom. The highest BCUT2D eigenvalue weighted by molar-refractivity contribution is 7.87. The predicted octanol–water partition coefficient (Wildman–Crippen LogP) is 7.02. The molecule has 46 heavy (non-hydrogen) atoms. The minimum Gasteiger partial charge on any atom is -0.744 e. The molecule has 3 unspecified atom stereocenters. The van der Waals surface area contributed by atoms with Gasteiger partial charge in [-0.15, -0.1) is 0 Å². The van der Waals surface area contributed by atoms with E-state index in [-0.39, 0.29) is 56.4 Å². The van der Waals surface area contributed by atoms with Gasteiger partial charge >= 0.3 is 10.1 Å². The summed E-state index contributed by atoms with van der Waals surface area (Å²) in [6, 6.07) is 22.6. The SMILES string of the molecule is O=S(=O)([O-])c1c2ccccc2c(OS(=O)(=O)c2c(C3CC4CCC3O4)cc3ccccc3c2C23CCC(CC2)O3)c2ccccc12. The van der Waals surface area contributed by atoms with Crippen molar-refractivity contribution in [1.29, 1.82) is 0 Å². The van der Waals surface area contributed by atoms with Crippen LogP contribution < -0.4 is 4.18 Å². The second kappa shape index (κ2) is 9.98. The number of fused-ring (bicyclic) bond motifs is 7. The van der Waals surface area contributed by atoms with Gasteiger partial charge in [0.2, 0.25) is 0 Å². The van der Waals surface area contributed by atoms with E-state index < -0.39 is 30.7 Å². The Labute approximate surface area is 267 Å². The Morgan fingerprint density at radius 2 is 1.33 bits per heavy atom. The molecule has 4 aliphatic rings. The van der Waals surface area contributed by atoms with Gasteiger partial charge in [0.15, 0.2) is 5.75 Å². The number of rotatable bonds is 6. The highest BCUT2D eigenvalue weighted by Gasteiger charge is 2.52. The van der Waals surface area contributed by atoms with Gasteiger partial charge in [-0.05, 0) is 67.3 Å². The Bertz CT molecular complexity index is 2250. The van der Waals surface area contributed by atoms with Crippen LogP contribution in [0.5, 0.6) is 5.75 Å². The van der Waals surface area contributed by atoms with Crippen LogP contribution >= 0.6 is 0 Å². The molecule has 0 N–H and O–H groups in total. The summed E-state index contributed by atoms with van der Waals surface area (Å²) in [5.74, 6) is -0.144. The molecule has 4 bridgehead atoms. The van der Waals surface area contributed by atoms with Crippen LogP contribution in [-0.4, -0.2) is 39.7 Å². The molecule has 0 saturated carbocycles. The first-order valence-electron chi connectivity index (χ1n) is 15.9. The van der Waals surface area contributed by atoms with E-state index in [4.69, 9.17) is 13.7 Å². The fraction of sp³-hybridized carbons (Fsp3) is 0.333. The third-order valence-corrected chi connectivity index (χ3v) is 12.9. The van der Waals surface area contributed by atoms with Gasteiger partial charge in [0.1, 0.15) is 15.0 Å². The number of ether oxygens (including phenoxy) is 2. The van der Waals surface area contributed by atoms with Crippen LogP contribution in [0.3, 0.4) is 0 Å². The minimum absolute atomic E-state index is 0.0120. The first-order chi connectivity index (χ1) is 22.1. The molecule has 5 aromatic rings. The van der Waals surface area contributed by atoms with E-state index in [1.54, 1.807) is 36.4 Å². The van der Waals surface area contributed by atoms with Gasteiger partial charge in [-0.3, -0.25) is 0 Å². The maximum atomic E-state index is 15.1. The average molecular weight is 656 g/mol. The van der Waals surface area contributed by atoms with Gasteiger partial charge in [-0.1, -0.05) is 72.8 Å². The highest BCUT2D eigenvalue weighted by atomic mass is 32.2. The summed E-state index contributed by atoms with van der Waals surface area (Å²) in [6.07, 6.45) is 5.77. The number of benzene rings is 5. The van der Waals surface area contributed by atoms with E-state index in [0.29, 0.717) is 24.0 Å². The Morgan fingerprint density at radius 3 is 1.87 bits per heavy atom. The largest absolute Gasteiger partial charge is 0.744 e. The Kier molecular flexibility index (Phi) is 6.22. The van der Waals surface area contributed by atoms with Crippen LogP contribution in [0.15, 0.2) is 88.7 Å². The maximum Gasteiger partial charge on any atom is 0.339 e. The first-order valence-corrected chi connectivity index (χ1v) is 18.7. The molecule has 10 heteroatoms. The molecule has 3 atom stereocenters.